The molecule has 9 heteroatoms. The topological polar surface area (TPSA) is 69.2 Å². The van der Waals surface area contributed by atoms with Gasteiger partial charge in [0.05, 0.1) is 6.20 Å². The van der Waals surface area contributed by atoms with Crippen molar-refractivity contribution in [2.24, 2.45) is 0 Å². The molecule has 15 heavy (non-hydrogen) atoms. The fourth-order valence-corrected chi connectivity index (χ4v) is 1.08. The molecule has 0 fully saturated rings. The van der Waals surface area contributed by atoms with E-state index in [1.807, 2.05) is 0 Å². The second kappa shape index (κ2) is 3.65. The zero-order valence-corrected chi connectivity index (χ0v) is 8.13. The Kier molecular flexibility index (Phi) is 2.84. The summed E-state index contributed by atoms with van der Waals surface area (Å²) in [6.07, 6.45) is 1.20. The summed E-state index contributed by atoms with van der Waals surface area (Å²) in [6.45, 7) is 1.34. The Morgan fingerprint density at radius 2 is 2.00 bits per heavy atom. The summed E-state index contributed by atoms with van der Waals surface area (Å²) in [5, 5.41) is 6.33. The first-order valence-electron chi connectivity index (χ1n) is 3.53. The van der Waals surface area contributed by atoms with Crippen LogP contribution in [-0.2, 0) is 10.1 Å². The molecular weight excluding hydrogens is 237 g/mol. The maximum Gasteiger partial charge on any atom is 0.534 e. The molecule has 0 N–H and O–H groups in total. The third-order valence-electron chi connectivity index (χ3n) is 1.35. The van der Waals surface area contributed by atoms with Gasteiger partial charge in [-0.1, -0.05) is 0 Å². The van der Waals surface area contributed by atoms with Gasteiger partial charge >= 0.3 is 15.6 Å². The van der Waals surface area contributed by atoms with Crippen LogP contribution in [0.5, 0.6) is 5.88 Å². The summed E-state index contributed by atoms with van der Waals surface area (Å²) in [5.41, 5.74) is -5.34. The van der Waals surface area contributed by atoms with E-state index in [0.717, 1.165) is 0 Å². The fourth-order valence-electron chi connectivity index (χ4n) is 0.615. The Balaban J connectivity index is 3.03. The van der Waals surface area contributed by atoms with Gasteiger partial charge in [-0.05, 0) is 13.0 Å². The van der Waals surface area contributed by atoms with Gasteiger partial charge in [0.15, 0.2) is 0 Å². The summed E-state index contributed by atoms with van der Waals surface area (Å²) in [5.74, 6) is -0.685. The smallest absolute Gasteiger partial charge is 0.353 e. The molecule has 1 aromatic heterocycles. The predicted octanol–water partition coefficient (Wildman–Crippen LogP) is 1.01. The van der Waals surface area contributed by atoms with Crippen LogP contribution >= 0.6 is 0 Å². The highest BCUT2D eigenvalue weighted by Crippen LogP contribution is 2.26. The van der Waals surface area contributed by atoms with Crippen molar-refractivity contribution in [1.29, 1.82) is 0 Å². The number of hydrogen-bond acceptors (Lipinski definition) is 5. The molecule has 0 aliphatic carbocycles. The van der Waals surface area contributed by atoms with Crippen molar-refractivity contribution in [3.63, 3.8) is 0 Å². The van der Waals surface area contributed by atoms with Gasteiger partial charge in [-0.15, -0.1) is 5.10 Å². The number of aryl methyl sites for hydroxylation is 1. The number of aromatic nitrogens is 2. The molecule has 0 aliphatic heterocycles. The van der Waals surface area contributed by atoms with E-state index in [1.165, 1.54) is 19.2 Å². The zero-order valence-electron chi connectivity index (χ0n) is 7.32. The molecule has 0 atom stereocenters. The number of hydrogen-bond donors (Lipinski definition) is 0. The quantitative estimate of drug-likeness (QED) is 0.572. The molecule has 0 saturated heterocycles. The van der Waals surface area contributed by atoms with Crippen molar-refractivity contribution in [2.45, 2.75) is 12.4 Å². The number of halogens is 3. The lowest BCUT2D eigenvalue weighted by Gasteiger charge is -2.08. The maximum absolute atomic E-state index is 11.9. The molecule has 84 valence electrons. The molecule has 0 radical (unpaired) electrons. The molecule has 0 aliphatic rings. The highest BCUT2D eigenvalue weighted by Gasteiger charge is 2.49. The van der Waals surface area contributed by atoms with Gasteiger partial charge in [-0.3, -0.25) is 0 Å². The van der Waals surface area contributed by atoms with Gasteiger partial charge in [0.1, 0.15) is 0 Å². The fraction of sp³-hybridized carbons (Fsp3) is 0.333. The molecule has 5 nitrogen and oxygen atoms in total. The number of rotatable bonds is 2. The first-order valence-corrected chi connectivity index (χ1v) is 4.94. The Morgan fingerprint density at radius 3 is 2.47 bits per heavy atom. The van der Waals surface area contributed by atoms with E-state index in [1.54, 1.807) is 0 Å². The van der Waals surface area contributed by atoms with Gasteiger partial charge in [-0.2, -0.15) is 26.7 Å². The normalized spacial score (nSPS) is 12.5. The largest absolute Gasteiger partial charge is 0.534 e. The zero-order chi connectivity index (χ0) is 11.7. The third-order valence-corrected chi connectivity index (χ3v) is 2.29. The van der Waals surface area contributed by atoms with Gasteiger partial charge in [0.25, 0.3) is 5.88 Å². The predicted molar refractivity (Wildman–Crippen MR) is 42.4 cm³/mol. The highest BCUT2D eigenvalue weighted by atomic mass is 32.2. The molecule has 0 saturated carbocycles. The molecule has 0 amide bonds. The molecule has 1 aromatic rings. The van der Waals surface area contributed by atoms with E-state index in [0.29, 0.717) is 0 Å². The summed E-state index contributed by atoms with van der Waals surface area (Å²) < 4.78 is 60.6. The lowest BCUT2D eigenvalue weighted by atomic mass is 10.3. The summed E-state index contributed by atoms with van der Waals surface area (Å²) in [6, 6.07) is 1.27. The van der Waals surface area contributed by atoms with E-state index >= 15 is 0 Å². The molecular formula is C6H5F3N2O3S. The molecule has 0 unspecified atom stereocenters. The van der Waals surface area contributed by atoms with Crippen LogP contribution in [0.1, 0.15) is 5.56 Å². The van der Waals surface area contributed by atoms with E-state index in [9.17, 15) is 21.6 Å². The van der Waals surface area contributed by atoms with E-state index in [-0.39, 0.29) is 5.56 Å². The van der Waals surface area contributed by atoms with Crippen molar-refractivity contribution in [3.8, 4) is 5.88 Å². The van der Waals surface area contributed by atoms with Crippen LogP contribution in [0.25, 0.3) is 0 Å². The Bertz CT molecular complexity index is 457. The van der Waals surface area contributed by atoms with E-state index in [2.05, 4.69) is 14.4 Å². The first kappa shape index (κ1) is 11.7. The summed E-state index contributed by atoms with van der Waals surface area (Å²) >= 11 is 0. The van der Waals surface area contributed by atoms with Crippen molar-refractivity contribution >= 4 is 10.1 Å². The lowest BCUT2D eigenvalue weighted by Crippen LogP contribution is -2.28. The Hall–Kier alpha value is -1.38. The van der Waals surface area contributed by atoms with Gasteiger partial charge in [0, 0.05) is 5.56 Å². The van der Waals surface area contributed by atoms with E-state index < -0.39 is 21.5 Å². The van der Waals surface area contributed by atoms with Gasteiger partial charge in [0.2, 0.25) is 0 Å². The molecule has 0 spiro atoms. The second-order valence-corrected chi connectivity index (χ2v) is 4.04. The molecule has 0 aromatic carbocycles. The minimum atomic E-state index is -5.68. The molecule has 0 bridgehead atoms. The SMILES string of the molecule is Cc1ccnnc1OS(=O)(=O)C(F)(F)F. The van der Waals surface area contributed by atoms with Crippen LogP contribution in [0.15, 0.2) is 12.3 Å². The second-order valence-electron chi connectivity index (χ2n) is 2.50. The number of alkyl halides is 3. The Morgan fingerprint density at radius 1 is 1.40 bits per heavy atom. The number of nitrogens with zero attached hydrogens (tertiary/aromatic N) is 2. The van der Waals surface area contributed by atoms with Crippen molar-refractivity contribution in [2.75, 3.05) is 0 Å². The monoisotopic (exact) mass is 242 g/mol. The van der Waals surface area contributed by atoms with Crippen LogP contribution in [0.4, 0.5) is 13.2 Å². The minimum Gasteiger partial charge on any atom is -0.353 e. The average Bonchev–Trinajstić information content (AvgIpc) is 2.06. The highest BCUT2D eigenvalue weighted by molar-refractivity contribution is 7.87. The molecule has 1 rings (SSSR count). The van der Waals surface area contributed by atoms with Gasteiger partial charge in [-0.25, -0.2) is 0 Å². The first-order chi connectivity index (χ1) is 6.74. The lowest BCUT2D eigenvalue weighted by molar-refractivity contribution is -0.0501. The van der Waals surface area contributed by atoms with Crippen LogP contribution < -0.4 is 4.18 Å². The van der Waals surface area contributed by atoms with Crippen molar-refractivity contribution in [1.82, 2.24) is 10.2 Å². The summed E-state index contributed by atoms with van der Waals surface area (Å²) in [7, 11) is -5.68. The van der Waals surface area contributed by atoms with Crippen molar-refractivity contribution in [3.05, 3.63) is 17.8 Å². The summed E-state index contributed by atoms with van der Waals surface area (Å²) in [4.78, 5) is 0. The van der Waals surface area contributed by atoms with Crippen LogP contribution in [0, 0.1) is 6.92 Å². The van der Waals surface area contributed by atoms with Crippen molar-refractivity contribution < 1.29 is 25.8 Å². The van der Waals surface area contributed by atoms with Crippen LogP contribution in [0.2, 0.25) is 0 Å². The standard InChI is InChI=1S/C6H5F3N2O3S/c1-4-2-3-10-11-5(4)14-15(12,13)6(7,8)9/h2-3H,1H3. The maximum atomic E-state index is 11.9. The van der Waals surface area contributed by atoms with E-state index in [4.69, 9.17) is 0 Å². The minimum absolute atomic E-state index is 0.137. The average molecular weight is 242 g/mol. The Labute approximate surface area is 83.0 Å². The van der Waals surface area contributed by atoms with Gasteiger partial charge < -0.3 is 4.18 Å². The third kappa shape index (κ3) is 2.55. The van der Waals surface area contributed by atoms with Crippen LogP contribution in [-0.4, -0.2) is 24.1 Å². The van der Waals surface area contributed by atoms with Crippen LogP contribution in [0.3, 0.4) is 0 Å². The molecule has 1 heterocycles.